The van der Waals surface area contributed by atoms with Crippen LogP contribution in [-0.2, 0) is 4.74 Å². The molecule has 5 heteroatoms. The summed E-state index contributed by atoms with van der Waals surface area (Å²) in [5, 5.41) is 0.559. The summed E-state index contributed by atoms with van der Waals surface area (Å²) in [4.78, 5) is 3.88. The Labute approximate surface area is 92.9 Å². The molecule has 0 atom stereocenters. The van der Waals surface area contributed by atoms with E-state index in [2.05, 4.69) is 4.98 Å². The van der Waals surface area contributed by atoms with Crippen molar-refractivity contribution in [3.63, 3.8) is 0 Å². The second-order valence-corrected chi connectivity index (χ2v) is 3.30. The van der Waals surface area contributed by atoms with Crippen molar-refractivity contribution >= 4 is 23.2 Å². The van der Waals surface area contributed by atoms with Gasteiger partial charge in [-0.1, -0.05) is 11.6 Å². The van der Waals surface area contributed by atoms with Crippen LogP contribution < -0.4 is 4.74 Å². The Kier molecular flexibility index (Phi) is 5.68. The van der Waals surface area contributed by atoms with Crippen molar-refractivity contribution in [2.24, 2.45) is 0 Å². The fourth-order valence-electron chi connectivity index (χ4n) is 0.846. The molecule has 0 N–H and O–H groups in total. The number of aromatic nitrogens is 1. The van der Waals surface area contributed by atoms with E-state index in [1.807, 2.05) is 0 Å². The van der Waals surface area contributed by atoms with Gasteiger partial charge in [-0.15, -0.1) is 11.6 Å². The van der Waals surface area contributed by atoms with Gasteiger partial charge in [-0.25, -0.2) is 0 Å². The molecule has 0 aliphatic heterocycles. The van der Waals surface area contributed by atoms with E-state index in [1.165, 1.54) is 0 Å². The van der Waals surface area contributed by atoms with Crippen LogP contribution in [0.25, 0.3) is 0 Å². The molecule has 0 saturated heterocycles. The lowest BCUT2D eigenvalue weighted by Crippen LogP contribution is -2.08. The van der Waals surface area contributed by atoms with E-state index in [4.69, 9.17) is 32.7 Å². The van der Waals surface area contributed by atoms with Gasteiger partial charge in [0.25, 0.3) is 0 Å². The number of pyridine rings is 1. The van der Waals surface area contributed by atoms with E-state index in [1.54, 1.807) is 18.5 Å². The van der Waals surface area contributed by atoms with Crippen LogP contribution in [-0.4, -0.2) is 30.7 Å². The molecule has 14 heavy (non-hydrogen) atoms. The molecule has 78 valence electrons. The van der Waals surface area contributed by atoms with Crippen molar-refractivity contribution in [3.8, 4) is 5.75 Å². The molecule has 1 aromatic heterocycles. The summed E-state index contributed by atoms with van der Waals surface area (Å²) < 4.78 is 10.4. The molecule has 1 rings (SSSR count). The molecular formula is C9H11Cl2NO2. The first-order chi connectivity index (χ1) is 6.83. The van der Waals surface area contributed by atoms with Gasteiger partial charge in [0.15, 0.2) is 0 Å². The molecule has 1 heterocycles. The highest BCUT2D eigenvalue weighted by molar-refractivity contribution is 6.30. The quantitative estimate of drug-likeness (QED) is 0.561. The van der Waals surface area contributed by atoms with E-state index >= 15 is 0 Å². The van der Waals surface area contributed by atoms with Gasteiger partial charge in [-0.2, -0.15) is 0 Å². The Bertz CT molecular complexity index is 271. The molecule has 0 aliphatic rings. The van der Waals surface area contributed by atoms with Gasteiger partial charge in [0, 0.05) is 18.1 Å². The molecule has 0 amide bonds. The number of hydrogen-bond acceptors (Lipinski definition) is 3. The number of rotatable bonds is 6. The summed E-state index contributed by atoms with van der Waals surface area (Å²) >= 11 is 11.1. The molecule has 0 unspecified atom stereocenters. The molecule has 0 radical (unpaired) electrons. The predicted octanol–water partition coefficient (Wildman–Crippen LogP) is 2.37. The molecule has 0 bridgehead atoms. The lowest BCUT2D eigenvalue weighted by Gasteiger charge is -2.05. The predicted molar refractivity (Wildman–Crippen MR) is 56.3 cm³/mol. The third-order valence-electron chi connectivity index (χ3n) is 1.40. The Hall–Kier alpha value is -0.510. The molecular weight excluding hydrogens is 225 g/mol. The topological polar surface area (TPSA) is 31.4 Å². The maximum absolute atomic E-state index is 5.72. The van der Waals surface area contributed by atoms with Crippen LogP contribution in [0.2, 0.25) is 5.02 Å². The molecule has 1 aromatic rings. The summed E-state index contributed by atoms with van der Waals surface area (Å²) in [6.07, 6.45) is 3.16. The first-order valence-electron chi connectivity index (χ1n) is 4.20. The zero-order chi connectivity index (χ0) is 10.2. The van der Waals surface area contributed by atoms with E-state index in [0.29, 0.717) is 36.5 Å². The monoisotopic (exact) mass is 235 g/mol. The van der Waals surface area contributed by atoms with Gasteiger partial charge in [-0.05, 0) is 0 Å². The van der Waals surface area contributed by atoms with Gasteiger partial charge in [0.2, 0.25) is 0 Å². The van der Waals surface area contributed by atoms with Gasteiger partial charge in [-0.3, -0.25) is 4.98 Å². The van der Waals surface area contributed by atoms with Crippen LogP contribution >= 0.6 is 23.2 Å². The lowest BCUT2D eigenvalue weighted by atomic mass is 10.5. The minimum atomic E-state index is 0.471. The highest BCUT2D eigenvalue weighted by Crippen LogP contribution is 2.14. The van der Waals surface area contributed by atoms with Crippen molar-refractivity contribution < 1.29 is 9.47 Å². The maximum Gasteiger partial charge on any atom is 0.139 e. The number of alkyl halides is 1. The molecule has 0 saturated carbocycles. The van der Waals surface area contributed by atoms with Crippen molar-refractivity contribution in [1.29, 1.82) is 0 Å². The van der Waals surface area contributed by atoms with Gasteiger partial charge in [0.1, 0.15) is 12.4 Å². The maximum atomic E-state index is 5.72. The van der Waals surface area contributed by atoms with Gasteiger partial charge < -0.3 is 9.47 Å². The first-order valence-corrected chi connectivity index (χ1v) is 5.11. The van der Waals surface area contributed by atoms with Crippen LogP contribution in [0, 0.1) is 0 Å². The Morgan fingerprint density at radius 1 is 1.21 bits per heavy atom. The van der Waals surface area contributed by atoms with E-state index in [9.17, 15) is 0 Å². The highest BCUT2D eigenvalue weighted by atomic mass is 35.5. The smallest absolute Gasteiger partial charge is 0.139 e. The number of halogens is 2. The minimum absolute atomic E-state index is 0.471. The molecule has 0 fully saturated rings. The standard InChI is InChI=1S/C9H11Cl2NO2/c10-1-2-13-3-4-14-9-5-8(11)6-12-7-9/h5-7H,1-4H2. The van der Waals surface area contributed by atoms with Gasteiger partial charge >= 0.3 is 0 Å². The largest absolute Gasteiger partial charge is 0.490 e. The van der Waals surface area contributed by atoms with Gasteiger partial charge in [0.05, 0.1) is 24.4 Å². The van der Waals surface area contributed by atoms with Crippen molar-refractivity contribution in [1.82, 2.24) is 4.98 Å². The van der Waals surface area contributed by atoms with Crippen molar-refractivity contribution in [3.05, 3.63) is 23.5 Å². The molecule has 0 aromatic carbocycles. The second-order valence-electron chi connectivity index (χ2n) is 2.49. The average molecular weight is 236 g/mol. The third kappa shape index (κ3) is 4.65. The van der Waals surface area contributed by atoms with E-state index in [-0.39, 0.29) is 0 Å². The van der Waals surface area contributed by atoms with E-state index in [0.717, 1.165) is 0 Å². The second kappa shape index (κ2) is 6.87. The van der Waals surface area contributed by atoms with Crippen LogP contribution in [0.4, 0.5) is 0 Å². The van der Waals surface area contributed by atoms with Crippen LogP contribution in [0.5, 0.6) is 5.75 Å². The summed E-state index contributed by atoms with van der Waals surface area (Å²) in [7, 11) is 0. The van der Waals surface area contributed by atoms with E-state index < -0.39 is 0 Å². The first kappa shape index (κ1) is 11.6. The zero-order valence-electron chi connectivity index (χ0n) is 7.58. The molecule has 0 aliphatic carbocycles. The summed E-state index contributed by atoms with van der Waals surface area (Å²) in [6, 6.07) is 1.70. The fraction of sp³-hybridized carbons (Fsp3) is 0.444. The zero-order valence-corrected chi connectivity index (χ0v) is 9.09. The normalized spacial score (nSPS) is 10.1. The highest BCUT2D eigenvalue weighted by Gasteiger charge is 1.95. The Balaban J connectivity index is 2.18. The SMILES string of the molecule is ClCCOCCOc1cncc(Cl)c1. The Morgan fingerprint density at radius 2 is 2.07 bits per heavy atom. The molecule has 3 nitrogen and oxygen atoms in total. The number of ether oxygens (including phenoxy) is 2. The van der Waals surface area contributed by atoms with Crippen LogP contribution in [0.3, 0.4) is 0 Å². The fourth-order valence-corrected chi connectivity index (χ4v) is 1.12. The summed E-state index contributed by atoms with van der Waals surface area (Å²) in [5.41, 5.74) is 0. The van der Waals surface area contributed by atoms with Crippen molar-refractivity contribution in [2.45, 2.75) is 0 Å². The average Bonchev–Trinajstić information content (AvgIpc) is 2.18. The van der Waals surface area contributed by atoms with Crippen molar-refractivity contribution in [2.75, 3.05) is 25.7 Å². The number of hydrogen-bond donors (Lipinski definition) is 0. The van der Waals surface area contributed by atoms with Crippen LogP contribution in [0.15, 0.2) is 18.5 Å². The minimum Gasteiger partial charge on any atom is -0.490 e. The third-order valence-corrected chi connectivity index (χ3v) is 1.76. The summed E-state index contributed by atoms with van der Waals surface area (Å²) in [5.74, 6) is 1.14. The lowest BCUT2D eigenvalue weighted by molar-refractivity contribution is 0.111. The summed E-state index contributed by atoms with van der Waals surface area (Å²) in [6.45, 7) is 1.52. The molecule has 0 spiro atoms. The Morgan fingerprint density at radius 3 is 2.79 bits per heavy atom. The number of nitrogens with zero attached hydrogens (tertiary/aromatic N) is 1. The van der Waals surface area contributed by atoms with Crippen LogP contribution in [0.1, 0.15) is 0 Å².